The van der Waals surface area contributed by atoms with E-state index < -0.39 is 22.5 Å². The van der Waals surface area contributed by atoms with Crippen LogP contribution in [0.25, 0.3) is 11.3 Å². The minimum atomic E-state index is -3.67. The van der Waals surface area contributed by atoms with Crippen LogP contribution < -0.4 is 10.1 Å². The molecule has 0 atom stereocenters. The molecule has 1 amide bonds. The molecule has 2 aromatic carbocycles. The van der Waals surface area contributed by atoms with Gasteiger partial charge in [-0.05, 0) is 49.4 Å². The van der Waals surface area contributed by atoms with Gasteiger partial charge < -0.3 is 4.74 Å². The van der Waals surface area contributed by atoms with E-state index in [1.54, 1.807) is 12.1 Å². The average Bonchev–Trinajstić information content (AvgIpc) is 3.08. The van der Waals surface area contributed by atoms with E-state index in [1.165, 1.54) is 61.8 Å². The Kier molecular flexibility index (Phi) is 6.68. The molecule has 1 N–H and O–H groups in total. The molecule has 3 rings (SSSR count). The quantitative estimate of drug-likeness (QED) is 0.562. The van der Waals surface area contributed by atoms with Crippen molar-refractivity contribution in [3.8, 4) is 17.0 Å². The first-order valence-corrected chi connectivity index (χ1v) is 11.2. The number of sulfonamides is 1. The Bertz CT molecular complexity index is 1190. The van der Waals surface area contributed by atoms with E-state index in [0.717, 1.165) is 9.18 Å². The van der Waals surface area contributed by atoms with Gasteiger partial charge in [-0.1, -0.05) is 6.07 Å². The van der Waals surface area contributed by atoms with E-state index in [2.05, 4.69) is 15.0 Å². The lowest BCUT2D eigenvalue weighted by Gasteiger charge is -2.12. The van der Waals surface area contributed by atoms with Gasteiger partial charge in [-0.15, -0.1) is 11.3 Å². The van der Waals surface area contributed by atoms with E-state index in [1.807, 2.05) is 6.92 Å². The molecule has 0 aliphatic rings. The number of halogens is 2. The SMILES string of the molecule is Cc1sc(NC(=O)c2cccc(S(=O)(=O)N(C)C)c2)nc1-c1ccc(OC(F)F)cc1. The van der Waals surface area contributed by atoms with E-state index in [-0.39, 0.29) is 16.2 Å². The molecular formula is C20H19F2N3O4S2. The van der Waals surface area contributed by atoms with Crippen molar-refractivity contribution in [3.63, 3.8) is 0 Å². The number of hydrogen-bond acceptors (Lipinski definition) is 6. The summed E-state index contributed by atoms with van der Waals surface area (Å²) in [7, 11) is -0.851. The number of rotatable bonds is 7. The molecule has 164 valence electrons. The third-order valence-corrected chi connectivity index (χ3v) is 6.94. The maximum absolute atomic E-state index is 12.6. The highest BCUT2D eigenvalue weighted by Crippen LogP contribution is 2.32. The number of nitrogens with zero attached hydrogens (tertiary/aromatic N) is 2. The molecule has 0 saturated heterocycles. The van der Waals surface area contributed by atoms with E-state index in [9.17, 15) is 22.0 Å². The lowest BCUT2D eigenvalue weighted by molar-refractivity contribution is -0.0498. The Hall–Kier alpha value is -2.89. The zero-order valence-corrected chi connectivity index (χ0v) is 18.4. The van der Waals surface area contributed by atoms with Crippen molar-refractivity contribution in [2.75, 3.05) is 19.4 Å². The predicted molar refractivity (Wildman–Crippen MR) is 114 cm³/mol. The molecule has 7 nitrogen and oxygen atoms in total. The van der Waals surface area contributed by atoms with Gasteiger partial charge in [0.25, 0.3) is 5.91 Å². The van der Waals surface area contributed by atoms with Gasteiger partial charge in [0, 0.05) is 30.1 Å². The van der Waals surface area contributed by atoms with Crippen LogP contribution in [0.3, 0.4) is 0 Å². The molecule has 0 unspecified atom stereocenters. The number of carbonyl (C=O) groups excluding carboxylic acids is 1. The van der Waals surface area contributed by atoms with Crippen LogP contribution in [0, 0.1) is 6.92 Å². The van der Waals surface area contributed by atoms with Crippen LogP contribution in [0.4, 0.5) is 13.9 Å². The van der Waals surface area contributed by atoms with Gasteiger partial charge in [0.15, 0.2) is 5.13 Å². The Labute approximate surface area is 182 Å². The van der Waals surface area contributed by atoms with Gasteiger partial charge in [0.1, 0.15) is 5.75 Å². The summed E-state index contributed by atoms with van der Waals surface area (Å²) in [5.74, 6) is -0.468. The van der Waals surface area contributed by atoms with Crippen molar-refractivity contribution in [1.82, 2.24) is 9.29 Å². The molecule has 1 aromatic heterocycles. The maximum Gasteiger partial charge on any atom is 0.387 e. The molecule has 0 aliphatic carbocycles. The van der Waals surface area contributed by atoms with Gasteiger partial charge in [-0.3, -0.25) is 10.1 Å². The molecule has 0 bridgehead atoms. The fourth-order valence-corrected chi connectivity index (χ4v) is 4.47. The second-order valence-electron chi connectivity index (χ2n) is 6.60. The fraction of sp³-hybridized carbons (Fsp3) is 0.200. The highest BCUT2D eigenvalue weighted by molar-refractivity contribution is 7.89. The molecule has 1 heterocycles. The third-order valence-electron chi connectivity index (χ3n) is 4.24. The van der Waals surface area contributed by atoms with Crippen LogP contribution >= 0.6 is 11.3 Å². The molecule has 0 fully saturated rings. The van der Waals surface area contributed by atoms with Gasteiger partial charge in [0.2, 0.25) is 10.0 Å². The molecule has 0 spiro atoms. The molecule has 0 aliphatic heterocycles. The van der Waals surface area contributed by atoms with Crippen molar-refractivity contribution in [2.45, 2.75) is 18.4 Å². The summed E-state index contributed by atoms with van der Waals surface area (Å²) >= 11 is 1.24. The molecule has 0 radical (unpaired) electrons. The van der Waals surface area contributed by atoms with E-state index in [0.29, 0.717) is 16.4 Å². The first kappa shape index (κ1) is 22.8. The molecule has 3 aromatic rings. The summed E-state index contributed by atoms with van der Waals surface area (Å²) in [4.78, 5) is 17.8. The van der Waals surface area contributed by atoms with Crippen molar-refractivity contribution in [2.24, 2.45) is 0 Å². The topological polar surface area (TPSA) is 88.6 Å². The number of hydrogen-bond donors (Lipinski definition) is 1. The van der Waals surface area contributed by atoms with Crippen LogP contribution in [0.1, 0.15) is 15.2 Å². The number of benzene rings is 2. The molecule has 0 saturated carbocycles. The van der Waals surface area contributed by atoms with Crippen molar-refractivity contribution in [1.29, 1.82) is 0 Å². The Morgan fingerprint density at radius 2 is 1.84 bits per heavy atom. The summed E-state index contributed by atoms with van der Waals surface area (Å²) < 4.78 is 54.6. The highest BCUT2D eigenvalue weighted by atomic mass is 32.2. The first-order valence-electron chi connectivity index (χ1n) is 8.94. The second-order valence-corrected chi connectivity index (χ2v) is 9.95. The number of amides is 1. The number of ether oxygens (including phenoxy) is 1. The van der Waals surface area contributed by atoms with Crippen LogP contribution in [0.15, 0.2) is 53.4 Å². The minimum absolute atomic E-state index is 0.00673. The monoisotopic (exact) mass is 467 g/mol. The largest absolute Gasteiger partial charge is 0.435 e. The number of aryl methyl sites for hydroxylation is 1. The zero-order chi connectivity index (χ0) is 22.8. The van der Waals surface area contributed by atoms with Gasteiger partial charge in [0.05, 0.1) is 10.6 Å². The summed E-state index contributed by atoms with van der Waals surface area (Å²) in [6.07, 6.45) is 0. The third kappa shape index (κ3) is 5.24. The van der Waals surface area contributed by atoms with Crippen molar-refractivity contribution in [3.05, 3.63) is 59.0 Å². The predicted octanol–water partition coefficient (Wildman–Crippen LogP) is 4.22. The summed E-state index contributed by atoms with van der Waals surface area (Å²) in [5.41, 5.74) is 1.44. The molecule has 11 heteroatoms. The number of anilines is 1. The first-order chi connectivity index (χ1) is 14.6. The van der Waals surface area contributed by atoms with Gasteiger partial charge in [-0.25, -0.2) is 17.7 Å². The normalized spacial score (nSPS) is 11.7. The molecular weight excluding hydrogens is 448 g/mol. The van der Waals surface area contributed by atoms with Gasteiger partial charge >= 0.3 is 6.61 Å². The van der Waals surface area contributed by atoms with Crippen molar-refractivity contribution < 1.29 is 26.7 Å². The Morgan fingerprint density at radius 3 is 2.45 bits per heavy atom. The summed E-state index contributed by atoms with van der Waals surface area (Å²) in [5, 5.41) is 3.00. The van der Waals surface area contributed by atoms with E-state index >= 15 is 0 Å². The highest BCUT2D eigenvalue weighted by Gasteiger charge is 2.19. The smallest absolute Gasteiger partial charge is 0.387 e. The molecule has 31 heavy (non-hydrogen) atoms. The zero-order valence-electron chi connectivity index (χ0n) is 16.8. The summed E-state index contributed by atoms with van der Waals surface area (Å²) in [6, 6.07) is 11.7. The number of thiazole rings is 1. The summed E-state index contributed by atoms with van der Waals surface area (Å²) in [6.45, 7) is -1.09. The van der Waals surface area contributed by atoms with Crippen LogP contribution in [-0.2, 0) is 10.0 Å². The van der Waals surface area contributed by atoms with Crippen LogP contribution in [0.5, 0.6) is 5.75 Å². The number of nitrogens with one attached hydrogen (secondary N) is 1. The van der Waals surface area contributed by atoms with Gasteiger partial charge in [-0.2, -0.15) is 8.78 Å². The van der Waals surface area contributed by atoms with Crippen molar-refractivity contribution >= 4 is 32.4 Å². The maximum atomic E-state index is 12.6. The minimum Gasteiger partial charge on any atom is -0.435 e. The van der Waals surface area contributed by atoms with E-state index in [4.69, 9.17) is 0 Å². The lowest BCUT2D eigenvalue weighted by atomic mass is 10.1. The Morgan fingerprint density at radius 1 is 1.16 bits per heavy atom. The lowest BCUT2D eigenvalue weighted by Crippen LogP contribution is -2.22. The van der Waals surface area contributed by atoms with Crippen LogP contribution in [-0.4, -0.2) is 44.3 Å². The van der Waals surface area contributed by atoms with Crippen LogP contribution in [0.2, 0.25) is 0 Å². The number of aromatic nitrogens is 1. The fourth-order valence-electron chi connectivity index (χ4n) is 2.69. The average molecular weight is 468 g/mol. The standard InChI is InChI=1S/C20H19F2N3O4S2/c1-12-17(13-7-9-15(10-8-13)29-19(21)22)23-20(30-12)24-18(26)14-5-4-6-16(11-14)31(27,28)25(2)3/h4-11,19H,1-3H3,(H,23,24,26). The number of alkyl halides is 2. The number of carbonyl (C=O) groups is 1. The second kappa shape index (κ2) is 9.08. The Balaban J connectivity index is 1.80.